The fourth-order valence-corrected chi connectivity index (χ4v) is 4.19. The van der Waals surface area contributed by atoms with Crippen LogP contribution in [0.25, 0.3) is 28.0 Å². The largest absolute Gasteiger partial charge is 0.507 e. The fourth-order valence-electron chi connectivity index (χ4n) is 4.19. The lowest BCUT2D eigenvalue weighted by atomic mass is 10.0. The molecular weight excluding hydrogens is 422 g/mol. The molecule has 1 amide bonds. The Kier molecular flexibility index (Phi) is 5.21. The Morgan fingerprint density at radius 1 is 1.12 bits per heavy atom. The second-order valence-electron chi connectivity index (χ2n) is 8.34. The van der Waals surface area contributed by atoms with Gasteiger partial charge in [-0.15, -0.1) is 10.2 Å². The van der Waals surface area contributed by atoms with E-state index in [9.17, 15) is 9.90 Å². The molecule has 10 heteroatoms. The van der Waals surface area contributed by atoms with Crippen LogP contribution in [-0.2, 0) is 4.74 Å². The number of H-pyrrole nitrogens is 1. The normalized spacial score (nSPS) is 14.3. The number of fused-ring (bicyclic) bond motifs is 1. The zero-order valence-electron chi connectivity index (χ0n) is 18.4. The molecule has 33 heavy (non-hydrogen) atoms. The number of morpholine rings is 1. The third-order valence-corrected chi connectivity index (χ3v) is 5.86. The summed E-state index contributed by atoms with van der Waals surface area (Å²) in [6, 6.07) is 11.1. The lowest BCUT2D eigenvalue weighted by Gasteiger charge is -2.29. The number of phenolic OH excluding ortho intramolecular Hbond substituents is 1. The van der Waals surface area contributed by atoms with Gasteiger partial charge in [-0.2, -0.15) is 5.10 Å². The summed E-state index contributed by atoms with van der Waals surface area (Å²) < 4.78 is 7.00. The van der Waals surface area contributed by atoms with Crippen LogP contribution in [0, 0.1) is 0 Å². The second kappa shape index (κ2) is 8.21. The number of aromatic amines is 1. The van der Waals surface area contributed by atoms with Gasteiger partial charge in [0.05, 0.1) is 30.0 Å². The first kappa shape index (κ1) is 21.0. The quantitative estimate of drug-likeness (QED) is 0.428. The van der Waals surface area contributed by atoms with Crippen LogP contribution in [0.15, 0.2) is 36.4 Å². The first-order chi connectivity index (χ1) is 15.9. The number of phenols is 1. The zero-order valence-corrected chi connectivity index (χ0v) is 18.4. The molecule has 2 aromatic heterocycles. The van der Waals surface area contributed by atoms with E-state index in [1.165, 1.54) is 0 Å². The maximum Gasteiger partial charge on any atom is 0.287 e. The lowest BCUT2D eigenvalue weighted by Crippen LogP contribution is -2.36. The Morgan fingerprint density at radius 3 is 2.48 bits per heavy atom. The van der Waals surface area contributed by atoms with Gasteiger partial charge in [-0.05, 0) is 36.2 Å². The summed E-state index contributed by atoms with van der Waals surface area (Å²) in [6.07, 6.45) is 0. The molecule has 4 aromatic rings. The first-order valence-corrected chi connectivity index (χ1v) is 10.8. The molecule has 4 N–H and O–H groups in total. The highest BCUT2D eigenvalue weighted by atomic mass is 16.5. The molecule has 170 valence electrons. The number of hydrogen-bond donors (Lipinski definition) is 3. The summed E-state index contributed by atoms with van der Waals surface area (Å²) in [5.74, 6) is -0.227. The van der Waals surface area contributed by atoms with Crippen LogP contribution in [0.5, 0.6) is 5.75 Å². The van der Waals surface area contributed by atoms with E-state index in [0.29, 0.717) is 30.3 Å². The minimum atomic E-state index is -0.710. The summed E-state index contributed by atoms with van der Waals surface area (Å²) >= 11 is 0. The van der Waals surface area contributed by atoms with Gasteiger partial charge in [0.2, 0.25) is 5.82 Å². The number of nitrogens with two attached hydrogens (primary N) is 1. The number of primary amides is 1. The molecule has 5 rings (SSSR count). The number of rotatable bonds is 5. The molecule has 1 aliphatic rings. The average Bonchev–Trinajstić information content (AvgIpc) is 3.43. The van der Waals surface area contributed by atoms with E-state index in [1.807, 2.05) is 44.2 Å². The number of hydrogen-bond acceptors (Lipinski definition) is 7. The summed E-state index contributed by atoms with van der Waals surface area (Å²) in [7, 11) is 0. The molecule has 0 bridgehead atoms. The highest BCUT2D eigenvalue weighted by Gasteiger charge is 2.23. The van der Waals surface area contributed by atoms with Gasteiger partial charge in [0.1, 0.15) is 5.75 Å². The van der Waals surface area contributed by atoms with E-state index in [0.717, 1.165) is 35.4 Å². The van der Waals surface area contributed by atoms with Crippen molar-refractivity contribution in [2.24, 2.45) is 5.73 Å². The van der Waals surface area contributed by atoms with Crippen LogP contribution >= 0.6 is 0 Å². The molecule has 1 saturated heterocycles. The minimum absolute atomic E-state index is 0.00364. The molecule has 1 aliphatic heterocycles. The molecule has 3 heterocycles. The topological polar surface area (TPSA) is 135 Å². The molecule has 0 saturated carbocycles. The van der Waals surface area contributed by atoms with Crippen molar-refractivity contribution in [3.63, 3.8) is 0 Å². The maximum absolute atomic E-state index is 12.2. The van der Waals surface area contributed by atoms with E-state index in [1.54, 1.807) is 10.6 Å². The minimum Gasteiger partial charge on any atom is -0.507 e. The Balaban J connectivity index is 1.63. The van der Waals surface area contributed by atoms with Crippen LogP contribution in [0.1, 0.15) is 36.1 Å². The molecule has 0 atom stereocenters. The van der Waals surface area contributed by atoms with Crippen molar-refractivity contribution in [2.75, 3.05) is 31.2 Å². The monoisotopic (exact) mass is 447 g/mol. The van der Waals surface area contributed by atoms with E-state index in [2.05, 4.69) is 25.3 Å². The Morgan fingerprint density at radius 2 is 1.82 bits per heavy atom. The van der Waals surface area contributed by atoms with E-state index in [-0.39, 0.29) is 17.5 Å². The molecule has 0 aliphatic carbocycles. The lowest BCUT2D eigenvalue weighted by molar-refractivity contribution is 0.0988. The number of ether oxygens (including phenoxy) is 1. The second-order valence-corrected chi connectivity index (χ2v) is 8.34. The number of aromatic hydroxyl groups is 1. The van der Waals surface area contributed by atoms with Crippen LogP contribution in [0.4, 0.5) is 5.69 Å². The Labute approximate surface area is 190 Å². The third-order valence-electron chi connectivity index (χ3n) is 5.86. The number of carbonyl (C=O) groups excluding carboxylic acids is 1. The van der Waals surface area contributed by atoms with Crippen molar-refractivity contribution in [1.82, 2.24) is 25.0 Å². The van der Waals surface area contributed by atoms with Crippen LogP contribution in [-0.4, -0.2) is 62.3 Å². The molecule has 0 unspecified atom stereocenters. The van der Waals surface area contributed by atoms with Crippen molar-refractivity contribution in [1.29, 1.82) is 0 Å². The summed E-state index contributed by atoms with van der Waals surface area (Å²) in [5, 5.41) is 27.2. The number of aromatic nitrogens is 5. The number of amides is 1. The van der Waals surface area contributed by atoms with Gasteiger partial charge in [-0.3, -0.25) is 14.5 Å². The van der Waals surface area contributed by atoms with Crippen molar-refractivity contribution in [2.45, 2.75) is 19.8 Å². The van der Waals surface area contributed by atoms with Gasteiger partial charge in [0.25, 0.3) is 5.91 Å². The summed E-state index contributed by atoms with van der Waals surface area (Å²) in [5.41, 5.74) is 9.35. The van der Waals surface area contributed by atoms with E-state index in [4.69, 9.17) is 10.5 Å². The maximum atomic E-state index is 12.2. The predicted octanol–water partition coefficient (Wildman–Crippen LogP) is 2.58. The number of anilines is 1. The highest BCUT2D eigenvalue weighted by Crippen LogP contribution is 2.36. The number of benzene rings is 2. The third kappa shape index (κ3) is 3.68. The molecule has 0 radical (unpaired) electrons. The zero-order chi connectivity index (χ0) is 23.1. The first-order valence-electron chi connectivity index (χ1n) is 10.8. The van der Waals surface area contributed by atoms with Crippen molar-refractivity contribution in [3.05, 3.63) is 47.9 Å². The van der Waals surface area contributed by atoms with Crippen molar-refractivity contribution >= 4 is 22.5 Å². The van der Waals surface area contributed by atoms with Crippen LogP contribution in [0.3, 0.4) is 0 Å². The van der Waals surface area contributed by atoms with Crippen LogP contribution < -0.4 is 10.6 Å². The van der Waals surface area contributed by atoms with Gasteiger partial charge in [-0.1, -0.05) is 13.8 Å². The van der Waals surface area contributed by atoms with E-state index >= 15 is 0 Å². The number of carbonyl (C=O) groups is 1. The van der Waals surface area contributed by atoms with Crippen molar-refractivity contribution in [3.8, 4) is 22.8 Å². The summed E-state index contributed by atoms with van der Waals surface area (Å²) in [6.45, 7) is 7.12. The van der Waals surface area contributed by atoms with Gasteiger partial charge in [0, 0.05) is 35.9 Å². The SMILES string of the molecule is CC(C)c1n[nH]c2cc(O)c(-c3nnc(C(N)=O)n3-c3ccc(N4CCOCC4)cc3)cc12. The summed E-state index contributed by atoms with van der Waals surface area (Å²) in [4.78, 5) is 14.4. The number of nitrogens with one attached hydrogen (secondary N) is 1. The molecule has 2 aromatic carbocycles. The standard InChI is InChI=1S/C23H25N7O3/c1-13(2)20-16-11-17(19(31)12-18(16)25-26-20)22-27-28-23(21(24)32)30(22)15-5-3-14(4-6-15)29-7-9-33-10-8-29/h3-6,11-13,31H,7-10H2,1-2H3,(H2,24,32)(H,25,26). The highest BCUT2D eigenvalue weighted by molar-refractivity contribution is 5.92. The van der Waals surface area contributed by atoms with E-state index < -0.39 is 5.91 Å². The number of nitrogens with zero attached hydrogens (tertiary/aromatic N) is 5. The predicted molar refractivity (Wildman–Crippen MR) is 124 cm³/mol. The van der Waals surface area contributed by atoms with Gasteiger partial charge in [0.15, 0.2) is 5.82 Å². The molecular formula is C23H25N7O3. The van der Waals surface area contributed by atoms with Gasteiger partial charge < -0.3 is 20.5 Å². The van der Waals surface area contributed by atoms with Gasteiger partial charge in [-0.25, -0.2) is 0 Å². The van der Waals surface area contributed by atoms with Gasteiger partial charge >= 0.3 is 0 Å². The smallest absolute Gasteiger partial charge is 0.287 e. The molecule has 1 fully saturated rings. The van der Waals surface area contributed by atoms with Crippen molar-refractivity contribution < 1.29 is 14.6 Å². The molecule has 0 spiro atoms. The average molecular weight is 447 g/mol. The fraction of sp³-hybridized carbons (Fsp3) is 0.304. The Bertz CT molecular complexity index is 1320. The molecule has 10 nitrogen and oxygen atoms in total. The Hall–Kier alpha value is -3.92. The van der Waals surface area contributed by atoms with Crippen LogP contribution in [0.2, 0.25) is 0 Å².